The van der Waals surface area contributed by atoms with Gasteiger partial charge in [-0.2, -0.15) is 0 Å². The lowest BCUT2D eigenvalue weighted by Gasteiger charge is -2.43. The molecule has 1 N–H and O–H groups in total. The van der Waals surface area contributed by atoms with Crippen LogP contribution in [-0.4, -0.2) is 88.3 Å². The van der Waals surface area contributed by atoms with E-state index in [9.17, 15) is 14.4 Å². The number of ether oxygens (including phenoxy) is 1. The number of fused-ring (bicyclic) bond motifs is 4. The molecule has 3 aliphatic rings. The summed E-state index contributed by atoms with van der Waals surface area (Å²) < 4.78 is 6.08. The Morgan fingerprint density at radius 2 is 1.80 bits per heavy atom. The van der Waals surface area contributed by atoms with E-state index in [1.165, 1.54) is 0 Å². The van der Waals surface area contributed by atoms with Crippen LogP contribution in [0.4, 0.5) is 0 Å². The van der Waals surface area contributed by atoms with Crippen LogP contribution in [-0.2, 0) is 11.3 Å². The quantitative estimate of drug-likeness (QED) is 0.530. The molecule has 2 fully saturated rings. The van der Waals surface area contributed by atoms with Gasteiger partial charge in [-0.3, -0.25) is 19.3 Å². The Kier molecular flexibility index (Phi) is 7.40. The summed E-state index contributed by atoms with van der Waals surface area (Å²) in [6.07, 6.45) is 2.05. The molecule has 0 unspecified atom stereocenters. The van der Waals surface area contributed by atoms with Crippen molar-refractivity contribution in [3.8, 4) is 5.88 Å². The fraction of sp³-hybridized carbons (Fsp3) is 0.333. The number of carbonyl (C=O) groups is 3. The number of rotatable bonds is 3. The molecular formula is C30H30ClN5O4. The van der Waals surface area contributed by atoms with Crippen LogP contribution in [0.25, 0.3) is 0 Å². The molecule has 0 aliphatic carbocycles. The van der Waals surface area contributed by atoms with Crippen molar-refractivity contribution in [1.29, 1.82) is 0 Å². The third-order valence-corrected chi connectivity index (χ3v) is 8.23. The first-order chi connectivity index (χ1) is 19.5. The maximum absolute atomic E-state index is 14.2. The number of halogens is 1. The van der Waals surface area contributed by atoms with Crippen LogP contribution in [0.1, 0.15) is 32.7 Å². The molecule has 1 aromatic heterocycles. The summed E-state index contributed by atoms with van der Waals surface area (Å²) in [6.45, 7) is 2.20. The van der Waals surface area contributed by atoms with Gasteiger partial charge in [-0.25, -0.2) is 4.98 Å². The third-order valence-electron chi connectivity index (χ3n) is 7.86. The van der Waals surface area contributed by atoms with Gasteiger partial charge in [-0.15, -0.1) is 0 Å². The minimum atomic E-state index is -0.451. The SMILES string of the molecule is O=C1N[C@H]2C[C@@H](C(=O)N3CCN(C(=O)c4ccccc4)C[C@H]3COc3ncccc31)N(Cc1ccccc1Cl)C2. The van der Waals surface area contributed by atoms with Crippen molar-refractivity contribution in [1.82, 2.24) is 25.0 Å². The average Bonchev–Trinajstić information content (AvgIpc) is 3.38. The third kappa shape index (κ3) is 5.26. The van der Waals surface area contributed by atoms with Crippen LogP contribution in [0, 0.1) is 0 Å². The van der Waals surface area contributed by atoms with Crippen molar-refractivity contribution in [3.05, 3.63) is 94.6 Å². The Hall–Kier alpha value is -3.95. The van der Waals surface area contributed by atoms with Gasteiger partial charge in [-0.05, 0) is 42.3 Å². The van der Waals surface area contributed by atoms with Gasteiger partial charge >= 0.3 is 0 Å². The Morgan fingerprint density at radius 3 is 2.62 bits per heavy atom. The zero-order valence-corrected chi connectivity index (χ0v) is 22.7. The summed E-state index contributed by atoms with van der Waals surface area (Å²) in [7, 11) is 0. The predicted molar refractivity (Wildman–Crippen MR) is 149 cm³/mol. The smallest absolute Gasteiger partial charge is 0.257 e. The van der Waals surface area contributed by atoms with Crippen LogP contribution >= 0.6 is 11.6 Å². The van der Waals surface area contributed by atoms with Gasteiger partial charge in [0.05, 0.1) is 12.1 Å². The van der Waals surface area contributed by atoms with Crippen LogP contribution in [0.15, 0.2) is 72.9 Å². The molecule has 9 nitrogen and oxygen atoms in total. The molecule has 0 saturated carbocycles. The van der Waals surface area contributed by atoms with Gasteiger partial charge in [0.2, 0.25) is 11.8 Å². The highest BCUT2D eigenvalue weighted by molar-refractivity contribution is 6.31. The first-order valence-electron chi connectivity index (χ1n) is 13.5. The van der Waals surface area contributed by atoms with Crippen LogP contribution < -0.4 is 10.1 Å². The number of hydrogen-bond donors (Lipinski definition) is 1. The molecule has 6 rings (SSSR count). The van der Waals surface area contributed by atoms with Crippen LogP contribution in [0.3, 0.4) is 0 Å². The lowest BCUT2D eigenvalue weighted by atomic mass is 10.1. The summed E-state index contributed by atoms with van der Waals surface area (Å²) in [6, 6.07) is 19.0. The Labute approximate surface area is 237 Å². The molecule has 3 amide bonds. The second-order valence-electron chi connectivity index (χ2n) is 10.4. The highest BCUT2D eigenvalue weighted by Crippen LogP contribution is 2.28. The second kappa shape index (κ2) is 11.3. The Balaban J connectivity index is 1.32. The van der Waals surface area contributed by atoms with Crippen molar-refractivity contribution in [2.45, 2.75) is 31.1 Å². The summed E-state index contributed by atoms with van der Waals surface area (Å²) in [5.74, 6) is -0.202. The van der Waals surface area contributed by atoms with Gasteiger partial charge in [0.25, 0.3) is 11.8 Å². The summed E-state index contributed by atoms with van der Waals surface area (Å²) >= 11 is 6.48. The molecule has 10 heteroatoms. The van der Waals surface area contributed by atoms with Crippen LogP contribution in [0.2, 0.25) is 5.02 Å². The van der Waals surface area contributed by atoms with Gasteiger partial charge < -0.3 is 19.9 Å². The number of carbonyl (C=O) groups excluding carboxylic acids is 3. The number of likely N-dealkylation sites (tertiary alicyclic amines) is 1. The molecule has 3 aromatic rings. The number of nitrogens with one attached hydrogen (secondary N) is 1. The molecule has 4 heterocycles. The van der Waals surface area contributed by atoms with Gasteiger partial charge in [-0.1, -0.05) is 48.0 Å². The van der Waals surface area contributed by atoms with E-state index in [1.54, 1.807) is 35.4 Å². The van der Waals surface area contributed by atoms with Gasteiger partial charge in [0.15, 0.2) is 0 Å². The van der Waals surface area contributed by atoms with Crippen molar-refractivity contribution in [3.63, 3.8) is 0 Å². The summed E-state index contributed by atoms with van der Waals surface area (Å²) in [4.78, 5) is 50.7. The number of nitrogens with zero attached hydrogens (tertiary/aromatic N) is 4. The van der Waals surface area contributed by atoms with Gasteiger partial charge in [0.1, 0.15) is 12.2 Å². The molecule has 3 aliphatic heterocycles. The van der Waals surface area contributed by atoms with Crippen molar-refractivity contribution in [2.75, 3.05) is 32.8 Å². The zero-order chi connectivity index (χ0) is 27.6. The lowest BCUT2D eigenvalue weighted by molar-refractivity contribution is -0.141. The number of aromatic nitrogens is 1. The molecule has 206 valence electrons. The first-order valence-corrected chi connectivity index (χ1v) is 13.9. The molecular weight excluding hydrogens is 530 g/mol. The van der Waals surface area contributed by atoms with E-state index in [1.807, 2.05) is 47.4 Å². The Bertz CT molecular complexity index is 1420. The molecule has 0 radical (unpaired) electrons. The second-order valence-corrected chi connectivity index (χ2v) is 10.8. The number of hydrogen-bond acceptors (Lipinski definition) is 6. The van der Waals surface area contributed by atoms with E-state index in [-0.39, 0.29) is 36.3 Å². The molecule has 2 saturated heterocycles. The molecule has 0 spiro atoms. The monoisotopic (exact) mass is 559 g/mol. The van der Waals surface area contributed by atoms with Crippen molar-refractivity contribution >= 4 is 29.3 Å². The maximum Gasteiger partial charge on any atom is 0.257 e. The molecule has 2 aromatic carbocycles. The lowest BCUT2D eigenvalue weighted by Crippen LogP contribution is -2.61. The van der Waals surface area contributed by atoms with E-state index < -0.39 is 12.1 Å². The summed E-state index contributed by atoms with van der Waals surface area (Å²) in [5.41, 5.74) is 1.87. The average molecular weight is 560 g/mol. The number of amides is 3. The van der Waals surface area contributed by atoms with Gasteiger partial charge in [0, 0.05) is 55.5 Å². The standard InChI is InChI=1S/C30H30ClN5O4/c31-25-11-5-4-9-21(25)16-35-17-22-15-26(35)30(39)36-14-13-34(29(38)20-7-2-1-3-8-20)18-23(36)19-40-28-24(27(37)33-22)10-6-12-32-28/h1-12,22-23,26H,13-19H2,(H,33,37)/t22-,23-,26-/m0/s1. The van der Waals surface area contributed by atoms with Crippen molar-refractivity contribution < 1.29 is 19.1 Å². The highest BCUT2D eigenvalue weighted by Gasteiger charge is 2.43. The van der Waals surface area contributed by atoms with E-state index in [0.717, 1.165) is 5.56 Å². The Morgan fingerprint density at radius 1 is 1.00 bits per heavy atom. The van der Waals surface area contributed by atoms with E-state index >= 15 is 0 Å². The number of benzene rings is 2. The number of piperazine rings is 1. The normalized spacial score (nSPS) is 23.3. The highest BCUT2D eigenvalue weighted by atomic mass is 35.5. The minimum absolute atomic E-state index is 0.0361. The first kappa shape index (κ1) is 26.3. The largest absolute Gasteiger partial charge is 0.475 e. The maximum atomic E-state index is 14.2. The summed E-state index contributed by atoms with van der Waals surface area (Å²) in [5, 5.41) is 3.73. The fourth-order valence-electron chi connectivity index (χ4n) is 5.83. The molecule has 40 heavy (non-hydrogen) atoms. The zero-order valence-electron chi connectivity index (χ0n) is 21.9. The minimum Gasteiger partial charge on any atom is -0.475 e. The number of pyridine rings is 1. The molecule has 2 bridgehead atoms. The van der Waals surface area contributed by atoms with E-state index in [0.29, 0.717) is 55.3 Å². The topological polar surface area (TPSA) is 95.1 Å². The van der Waals surface area contributed by atoms with Crippen LogP contribution in [0.5, 0.6) is 5.88 Å². The predicted octanol–water partition coefficient (Wildman–Crippen LogP) is 2.85. The van der Waals surface area contributed by atoms with E-state index in [2.05, 4.69) is 15.2 Å². The van der Waals surface area contributed by atoms with Crippen molar-refractivity contribution in [2.24, 2.45) is 0 Å². The van der Waals surface area contributed by atoms with E-state index in [4.69, 9.17) is 16.3 Å². The fourth-order valence-corrected chi connectivity index (χ4v) is 6.02. The molecule has 3 atom stereocenters.